The van der Waals surface area contributed by atoms with Gasteiger partial charge in [0.1, 0.15) is 24.5 Å². The molecule has 9 nitrogen and oxygen atoms in total. The van der Waals surface area contributed by atoms with Crippen molar-refractivity contribution >= 4 is 45.9 Å². The van der Waals surface area contributed by atoms with Crippen LogP contribution in [-0.4, -0.2) is 49.9 Å². The highest BCUT2D eigenvalue weighted by Crippen LogP contribution is 2.32. The minimum Gasteiger partial charge on any atom is -0.486 e. The maximum absolute atomic E-state index is 13.3. The molecule has 37 heavy (non-hydrogen) atoms. The molecule has 0 aliphatic carbocycles. The van der Waals surface area contributed by atoms with Gasteiger partial charge in [0.05, 0.1) is 16.2 Å². The molecule has 1 unspecified atom stereocenters. The first-order valence-corrected chi connectivity index (χ1v) is 11.9. The van der Waals surface area contributed by atoms with Gasteiger partial charge in [-0.2, -0.15) is 4.39 Å². The summed E-state index contributed by atoms with van der Waals surface area (Å²) in [7, 11) is 0. The van der Waals surface area contributed by atoms with Crippen LogP contribution < -0.4 is 10.1 Å². The molecule has 1 fully saturated rings. The summed E-state index contributed by atoms with van der Waals surface area (Å²) in [5.74, 6) is 0.804. The van der Waals surface area contributed by atoms with Gasteiger partial charge in [-0.3, -0.25) is 4.79 Å². The number of nitrogens with one attached hydrogen (secondary N) is 1. The van der Waals surface area contributed by atoms with E-state index in [0.717, 1.165) is 6.42 Å². The van der Waals surface area contributed by atoms with Crippen molar-refractivity contribution in [3.8, 4) is 5.75 Å². The minimum atomic E-state index is -0.568. The molecule has 11 heteroatoms. The molecule has 0 saturated carbocycles. The number of rotatable bonds is 8. The summed E-state index contributed by atoms with van der Waals surface area (Å²) in [5, 5.41) is 8.30. The van der Waals surface area contributed by atoms with Gasteiger partial charge < -0.3 is 25.3 Å². The number of carbonyl (C=O) groups excluding carboxylic acids is 1. The summed E-state index contributed by atoms with van der Waals surface area (Å²) in [5.41, 5.74) is 2.32. The zero-order valence-corrected chi connectivity index (χ0v) is 20.4. The summed E-state index contributed by atoms with van der Waals surface area (Å²) in [6.45, 7) is 4.79. The topological polar surface area (TPSA) is 107 Å². The van der Waals surface area contributed by atoms with Crippen molar-refractivity contribution in [2.75, 3.05) is 18.4 Å². The van der Waals surface area contributed by atoms with Crippen molar-refractivity contribution in [3.05, 3.63) is 89.5 Å². The van der Waals surface area contributed by atoms with E-state index in [1.807, 2.05) is 6.07 Å². The van der Waals surface area contributed by atoms with E-state index in [-0.39, 0.29) is 18.6 Å². The fraction of sp³-hybridized carbons (Fsp3) is 0.192. The number of benzene rings is 1. The van der Waals surface area contributed by atoms with Gasteiger partial charge in [-0.1, -0.05) is 36.1 Å². The zero-order valence-electron chi connectivity index (χ0n) is 19.6. The van der Waals surface area contributed by atoms with Crippen molar-refractivity contribution in [1.29, 1.82) is 0 Å². The second-order valence-corrected chi connectivity index (χ2v) is 8.74. The first kappa shape index (κ1) is 24.4. The monoisotopic (exact) mass is 518 g/mol. The molecule has 4 heterocycles. The molecule has 1 aliphatic rings. The lowest BCUT2D eigenvalue weighted by atomic mass is 10.2. The smallest absolute Gasteiger partial charge is 0.245 e. The van der Waals surface area contributed by atoms with E-state index in [4.69, 9.17) is 21.7 Å². The molecule has 1 N–H and O–H groups in total. The second kappa shape index (κ2) is 10.8. The fourth-order valence-electron chi connectivity index (χ4n) is 3.97. The Morgan fingerprint density at radius 1 is 1.24 bits per heavy atom. The average Bonchev–Trinajstić information content (AvgIpc) is 3.36. The minimum absolute atomic E-state index is 0.0381. The van der Waals surface area contributed by atoms with Gasteiger partial charge >= 0.3 is 0 Å². The first-order chi connectivity index (χ1) is 18.0. The Kier molecular flexibility index (Phi) is 7.09. The lowest BCUT2D eigenvalue weighted by Gasteiger charge is -2.23. The predicted octanol–water partition coefficient (Wildman–Crippen LogP) is 5.33. The Morgan fingerprint density at radius 2 is 2.14 bits per heavy atom. The number of fused-ring (bicyclic) bond motifs is 1. The van der Waals surface area contributed by atoms with E-state index >= 15 is 0 Å². The lowest BCUT2D eigenvalue weighted by molar-refractivity contribution is -0.124. The largest absolute Gasteiger partial charge is 0.486 e. The Hall–Kier alpha value is -4.31. The van der Waals surface area contributed by atoms with Crippen molar-refractivity contribution in [1.82, 2.24) is 24.8 Å². The van der Waals surface area contributed by atoms with E-state index in [9.17, 15) is 9.18 Å². The SMILES string of the molecule is C=CC(=O)N1CCC([N-]c2ccc3ncnc(Nc4ccc(OCc5cccc(F)n5)c(Cl)c4)c3n2)C1. The van der Waals surface area contributed by atoms with Crippen LogP contribution in [0.1, 0.15) is 12.1 Å². The van der Waals surface area contributed by atoms with Crippen LogP contribution in [0.25, 0.3) is 16.4 Å². The molecule has 0 spiro atoms. The van der Waals surface area contributed by atoms with Crippen LogP contribution in [-0.2, 0) is 11.4 Å². The highest BCUT2D eigenvalue weighted by molar-refractivity contribution is 6.32. The number of likely N-dealkylation sites (tertiary alicyclic amines) is 1. The Morgan fingerprint density at radius 3 is 2.95 bits per heavy atom. The third-order valence-electron chi connectivity index (χ3n) is 5.77. The summed E-state index contributed by atoms with van der Waals surface area (Å²) >= 11 is 6.42. The van der Waals surface area contributed by atoms with Crippen LogP contribution >= 0.6 is 11.6 Å². The van der Waals surface area contributed by atoms with Gasteiger partial charge in [0, 0.05) is 24.3 Å². The van der Waals surface area contributed by atoms with Crippen molar-refractivity contribution in [2.24, 2.45) is 0 Å². The summed E-state index contributed by atoms with van der Waals surface area (Å²) < 4.78 is 19.0. The third-order valence-corrected chi connectivity index (χ3v) is 6.07. The average molecular weight is 519 g/mol. The van der Waals surface area contributed by atoms with Gasteiger partial charge in [-0.25, -0.2) is 15.0 Å². The maximum atomic E-state index is 13.3. The van der Waals surface area contributed by atoms with E-state index in [0.29, 0.717) is 57.9 Å². The molecular weight excluding hydrogens is 497 g/mol. The second-order valence-electron chi connectivity index (χ2n) is 8.33. The van der Waals surface area contributed by atoms with E-state index in [1.165, 1.54) is 18.5 Å². The van der Waals surface area contributed by atoms with Gasteiger partial charge in [-0.05, 0) is 54.9 Å². The van der Waals surface area contributed by atoms with Crippen molar-refractivity contribution in [3.63, 3.8) is 0 Å². The fourth-order valence-corrected chi connectivity index (χ4v) is 4.21. The predicted molar refractivity (Wildman–Crippen MR) is 139 cm³/mol. The van der Waals surface area contributed by atoms with Gasteiger partial charge in [0.15, 0.2) is 0 Å². The number of amides is 1. The van der Waals surface area contributed by atoms with Gasteiger partial charge in [0.25, 0.3) is 0 Å². The Labute approximate surface area is 217 Å². The molecule has 1 aromatic carbocycles. The standard InChI is InChI=1S/C26H22ClFN7O2/c1-2-24(36)35-11-10-17(13-35)32-23-9-7-20-25(34-23)26(30-15-29-20)33-16-6-8-21(19(27)12-16)37-14-18-4-3-5-22(28)31-18/h2-9,12,15,17H,1,10-11,13-14H2,(H-,29,30,32,33,34)/q-1. The molecule has 4 aromatic rings. The summed E-state index contributed by atoms with van der Waals surface area (Å²) in [4.78, 5) is 30.7. The third kappa shape index (κ3) is 5.75. The van der Waals surface area contributed by atoms with Crippen molar-refractivity contribution in [2.45, 2.75) is 19.1 Å². The Bertz CT molecular complexity index is 1470. The number of carbonyl (C=O) groups is 1. The number of hydrogen-bond acceptors (Lipinski definition) is 7. The molecule has 188 valence electrons. The number of anilines is 2. The molecule has 1 aliphatic heterocycles. The van der Waals surface area contributed by atoms with Gasteiger partial charge in [0.2, 0.25) is 11.9 Å². The van der Waals surface area contributed by atoms with Crippen LogP contribution in [0, 0.1) is 5.95 Å². The van der Waals surface area contributed by atoms with Crippen LogP contribution in [0.3, 0.4) is 0 Å². The van der Waals surface area contributed by atoms with Gasteiger partial charge in [-0.15, -0.1) is 0 Å². The molecule has 1 atom stereocenters. The van der Waals surface area contributed by atoms with Crippen LogP contribution in [0.5, 0.6) is 5.75 Å². The molecule has 0 bridgehead atoms. The highest BCUT2D eigenvalue weighted by atomic mass is 35.5. The van der Waals surface area contributed by atoms with E-state index in [2.05, 4.69) is 31.8 Å². The molecular formula is C26H22ClFN7O2-. The highest BCUT2D eigenvalue weighted by Gasteiger charge is 2.22. The maximum Gasteiger partial charge on any atom is 0.245 e. The van der Waals surface area contributed by atoms with E-state index < -0.39 is 5.95 Å². The quantitative estimate of drug-likeness (QED) is 0.248. The number of pyridine rings is 2. The number of ether oxygens (including phenoxy) is 1. The number of aromatic nitrogens is 4. The Balaban J connectivity index is 1.29. The molecule has 5 rings (SSSR count). The van der Waals surface area contributed by atoms with Crippen molar-refractivity contribution < 1.29 is 13.9 Å². The molecule has 0 radical (unpaired) electrons. The number of hydrogen-bond donors (Lipinski definition) is 1. The first-order valence-electron chi connectivity index (χ1n) is 11.5. The zero-order chi connectivity index (χ0) is 25.8. The van der Waals surface area contributed by atoms with Crippen LogP contribution in [0.15, 0.2) is 67.5 Å². The van der Waals surface area contributed by atoms with Crippen LogP contribution in [0.2, 0.25) is 5.02 Å². The van der Waals surface area contributed by atoms with Crippen LogP contribution in [0.4, 0.5) is 21.7 Å². The number of nitrogens with zero attached hydrogens (tertiary/aromatic N) is 6. The molecule has 1 saturated heterocycles. The van der Waals surface area contributed by atoms with E-state index in [1.54, 1.807) is 41.3 Å². The number of halogens is 2. The molecule has 3 aromatic heterocycles. The summed E-state index contributed by atoms with van der Waals surface area (Å²) in [6.07, 6.45) is 3.53. The lowest BCUT2D eigenvalue weighted by Crippen LogP contribution is -2.27. The normalized spacial score (nSPS) is 15.0. The summed E-state index contributed by atoms with van der Waals surface area (Å²) in [6, 6.07) is 13.3. The molecule has 1 amide bonds.